The molecule has 0 saturated carbocycles. The SMILES string of the molecule is CC1=CC(C)CC=C1/C=C1/C=CC=CC1. The normalized spacial score (nSPS) is 27.9. The molecule has 0 aromatic heterocycles. The number of allylic oxidation sites excluding steroid dienone is 10. The number of hydrogen-bond donors (Lipinski definition) is 0. The minimum absolute atomic E-state index is 0.703. The van der Waals surface area contributed by atoms with Crippen molar-refractivity contribution in [3.05, 3.63) is 59.3 Å². The minimum atomic E-state index is 0.703. The van der Waals surface area contributed by atoms with Crippen LogP contribution in [0.3, 0.4) is 0 Å². The van der Waals surface area contributed by atoms with Gasteiger partial charge in [-0.15, -0.1) is 0 Å². The summed E-state index contributed by atoms with van der Waals surface area (Å²) in [5.41, 5.74) is 4.23. The molecule has 2 aliphatic rings. The second-order valence-corrected chi connectivity index (χ2v) is 4.43. The molecule has 0 aromatic rings. The first-order valence-corrected chi connectivity index (χ1v) is 5.68. The van der Waals surface area contributed by atoms with Crippen molar-refractivity contribution in [3.8, 4) is 0 Å². The van der Waals surface area contributed by atoms with Gasteiger partial charge in [-0.2, -0.15) is 0 Å². The summed E-state index contributed by atoms with van der Waals surface area (Å²) in [6.45, 7) is 4.48. The lowest BCUT2D eigenvalue weighted by atomic mass is 9.90. The highest BCUT2D eigenvalue weighted by molar-refractivity contribution is 5.46. The zero-order valence-corrected chi connectivity index (χ0v) is 9.53. The third-order valence-electron chi connectivity index (χ3n) is 2.95. The zero-order valence-electron chi connectivity index (χ0n) is 9.53. The highest BCUT2D eigenvalue weighted by atomic mass is 14.1. The Bertz CT molecular complexity index is 386. The van der Waals surface area contributed by atoms with E-state index in [1.165, 1.54) is 23.1 Å². The van der Waals surface area contributed by atoms with E-state index in [0.717, 1.165) is 6.42 Å². The standard InChI is InChI=1S/C15H18/c1-12-8-9-15(13(2)10-12)11-14-6-4-3-5-7-14/h3-6,9-12H,7-8H2,1-2H3/b14-11-. The Labute approximate surface area is 92.4 Å². The molecule has 0 nitrogen and oxygen atoms in total. The van der Waals surface area contributed by atoms with E-state index in [4.69, 9.17) is 0 Å². The van der Waals surface area contributed by atoms with Crippen molar-refractivity contribution in [2.45, 2.75) is 26.7 Å². The molecule has 0 aromatic carbocycles. The largest absolute Gasteiger partial charge is 0.0801 e. The van der Waals surface area contributed by atoms with Crippen molar-refractivity contribution in [1.29, 1.82) is 0 Å². The van der Waals surface area contributed by atoms with Crippen LogP contribution in [-0.4, -0.2) is 0 Å². The summed E-state index contributed by atoms with van der Waals surface area (Å²) >= 11 is 0. The first kappa shape index (κ1) is 10.2. The molecule has 15 heavy (non-hydrogen) atoms. The van der Waals surface area contributed by atoms with Gasteiger partial charge in [0.25, 0.3) is 0 Å². The molecule has 0 aliphatic heterocycles. The van der Waals surface area contributed by atoms with E-state index in [1.54, 1.807) is 0 Å². The maximum atomic E-state index is 2.37. The van der Waals surface area contributed by atoms with Gasteiger partial charge in [-0.3, -0.25) is 0 Å². The van der Waals surface area contributed by atoms with E-state index >= 15 is 0 Å². The summed E-state index contributed by atoms with van der Waals surface area (Å²) in [6.07, 6.45) is 17.9. The summed E-state index contributed by atoms with van der Waals surface area (Å²) < 4.78 is 0. The van der Waals surface area contributed by atoms with Crippen LogP contribution in [0.15, 0.2) is 59.3 Å². The van der Waals surface area contributed by atoms with Gasteiger partial charge in [-0.05, 0) is 42.4 Å². The first-order valence-electron chi connectivity index (χ1n) is 5.68. The molecule has 0 bridgehead atoms. The van der Waals surface area contributed by atoms with Crippen LogP contribution in [-0.2, 0) is 0 Å². The molecule has 1 unspecified atom stereocenters. The fraction of sp³-hybridized carbons (Fsp3) is 0.333. The van der Waals surface area contributed by atoms with Crippen molar-refractivity contribution in [3.63, 3.8) is 0 Å². The van der Waals surface area contributed by atoms with E-state index in [9.17, 15) is 0 Å². The highest BCUT2D eigenvalue weighted by Gasteiger charge is 2.07. The molecule has 1 atom stereocenters. The van der Waals surface area contributed by atoms with Gasteiger partial charge in [0.05, 0.1) is 0 Å². The molecule has 0 heteroatoms. The monoisotopic (exact) mass is 198 g/mol. The van der Waals surface area contributed by atoms with E-state index in [-0.39, 0.29) is 0 Å². The van der Waals surface area contributed by atoms with E-state index in [1.807, 2.05) is 0 Å². The van der Waals surface area contributed by atoms with Crippen molar-refractivity contribution < 1.29 is 0 Å². The Morgan fingerprint density at radius 3 is 2.87 bits per heavy atom. The molecule has 2 rings (SSSR count). The highest BCUT2D eigenvalue weighted by Crippen LogP contribution is 2.25. The summed E-state index contributed by atoms with van der Waals surface area (Å²) in [5, 5.41) is 0. The topological polar surface area (TPSA) is 0 Å². The van der Waals surface area contributed by atoms with Crippen LogP contribution in [0.1, 0.15) is 26.7 Å². The fourth-order valence-electron chi connectivity index (χ4n) is 2.07. The average molecular weight is 198 g/mol. The van der Waals surface area contributed by atoms with Gasteiger partial charge < -0.3 is 0 Å². The molecular weight excluding hydrogens is 180 g/mol. The van der Waals surface area contributed by atoms with Gasteiger partial charge in [-0.25, -0.2) is 0 Å². The van der Waals surface area contributed by atoms with Crippen molar-refractivity contribution >= 4 is 0 Å². The number of rotatable bonds is 1. The van der Waals surface area contributed by atoms with Crippen LogP contribution in [0.2, 0.25) is 0 Å². The smallest absolute Gasteiger partial charge is 0.00941 e. The second-order valence-electron chi connectivity index (χ2n) is 4.43. The third kappa shape index (κ3) is 2.59. The fourth-order valence-corrected chi connectivity index (χ4v) is 2.07. The molecule has 0 spiro atoms. The van der Waals surface area contributed by atoms with Gasteiger partial charge >= 0.3 is 0 Å². The Morgan fingerprint density at radius 2 is 2.20 bits per heavy atom. The molecule has 0 radical (unpaired) electrons. The number of hydrogen-bond acceptors (Lipinski definition) is 0. The van der Waals surface area contributed by atoms with Crippen molar-refractivity contribution in [2.24, 2.45) is 5.92 Å². The molecule has 0 fully saturated rings. The predicted octanol–water partition coefficient (Wildman–Crippen LogP) is 4.34. The van der Waals surface area contributed by atoms with Gasteiger partial charge in [0, 0.05) is 0 Å². The summed E-state index contributed by atoms with van der Waals surface area (Å²) in [5.74, 6) is 0.703. The Kier molecular flexibility index (Phi) is 3.05. The van der Waals surface area contributed by atoms with Crippen LogP contribution in [0.25, 0.3) is 0 Å². The van der Waals surface area contributed by atoms with Crippen LogP contribution >= 0.6 is 0 Å². The molecule has 0 N–H and O–H groups in total. The summed E-state index contributed by atoms with van der Waals surface area (Å²) in [7, 11) is 0. The quantitative estimate of drug-likeness (QED) is 0.588. The zero-order chi connectivity index (χ0) is 10.7. The van der Waals surface area contributed by atoms with Gasteiger partial charge in [0.2, 0.25) is 0 Å². The van der Waals surface area contributed by atoms with Crippen molar-refractivity contribution in [2.75, 3.05) is 0 Å². The van der Waals surface area contributed by atoms with E-state index < -0.39 is 0 Å². The molecule has 0 heterocycles. The van der Waals surface area contributed by atoms with Crippen LogP contribution in [0.5, 0.6) is 0 Å². The maximum Gasteiger partial charge on any atom is -0.00941 e. The lowest BCUT2D eigenvalue weighted by Crippen LogP contribution is -1.98. The van der Waals surface area contributed by atoms with E-state index in [0.29, 0.717) is 5.92 Å². The lowest BCUT2D eigenvalue weighted by molar-refractivity contribution is 0.724. The predicted molar refractivity (Wildman–Crippen MR) is 66.6 cm³/mol. The minimum Gasteiger partial charge on any atom is -0.0801 e. The van der Waals surface area contributed by atoms with Crippen LogP contribution in [0, 0.1) is 5.92 Å². The average Bonchev–Trinajstić information content (AvgIpc) is 2.24. The molecule has 2 aliphatic carbocycles. The summed E-state index contributed by atoms with van der Waals surface area (Å²) in [4.78, 5) is 0. The van der Waals surface area contributed by atoms with Crippen molar-refractivity contribution in [1.82, 2.24) is 0 Å². The lowest BCUT2D eigenvalue weighted by Gasteiger charge is -2.15. The summed E-state index contributed by atoms with van der Waals surface area (Å²) in [6, 6.07) is 0. The third-order valence-corrected chi connectivity index (χ3v) is 2.95. The first-order chi connectivity index (χ1) is 7.25. The van der Waals surface area contributed by atoms with Gasteiger partial charge in [-0.1, -0.05) is 49.5 Å². The van der Waals surface area contributed by atoms with Crippen LogP contribution < -0.4 is 0 Å². The Hall–Kier alpha value is -1.30. The van der Waals surface area contributed by atoms with Crippen LogP contribution in [0.4, 0.5) is 0 Å². The van der Waals surface area contributed by atoms with Gasteiger partial charge in [0.1, 0.15) is 0 Å². The molecular formula is C15H18. The molecule has 0 amide bonds. The molecule has 78 valence electrons. The maximum absolute atomic E-state index is 2.37. The Morgan fingerprint density at radius 1 is 1.33 bits per heavy atom. The van der Waals surface area contributed by atoms with E-state index in [2.05, 4.69) is 56.4 Å². The Balaban J connectivity index is 2.16. The molecule has 0 saturated heterocycles. The van der Waals surface area contributed by atoms with Gasteiger partial charge in [0.15, 0.2) is 0 Å². The second kappa shape index (κ2) is 4.48.